The average Bonchev–Trinajstić information content (AvgIpc) is 3.06. The Balaban J connectivity index is 2.07. The summed E-state index contributed by atoms with van der Waals surface area (Å²) in [5.74, 6) is -0.155. The number of aromatic nitrogens is 2. The van der Waals surface area contributed by atoms with Gasteiger partial charge in [-0.05, 0) is 24.5 Å². The minimum atomic E-state index is -0.437. The molecule has 2 heterocycles. The number of anilines is 1. The Morgan fingerprint density at radius 3 is 2.64 bits per heavy atom. The van der Waals surface area contributed by atoms with Crippen LogP contribution in [0.4, 0.5) is 5.13 Å². The van der Waals surface area contributed by atoms with Crippen molar-refractivity contribution in [3.63, 3.8) is 0 Å². The van der Waals surface area contributed by atoms with Gasteiger partial charge in [-0.3, -0.25) is 9.59 Å². The first-order chi connectivity index (χ1) is 10.5. The molecule has 1 atom stereocenters. The Hall–Kier alpha value is -2.15. The Kier molecular flexibility index (Phi) is 5.32. The molecule has 0 fully saturated rings. The molecule has 0 spiro atoms. The fourth-order valence-electron chi connectivity index (χ4n) is 2.18. The van der Waals surface area contributed by atoms with Gasteiger partial charge in [-0.2, -0.15) is 0 Å². The minimum absolute atomic E-state index is 0.0827. The summed E-state index contributed by atoms with van der Waals surface area (Å²) in [6.07, 6.45) is 4.58. The van der Waals surface area contributed by atoms with Gasteiger partial charge in [-0.25, -0.2) is 4.98 Å². The number of rotatable bonds is 7. The molecule has 3 N–H and O–H groups in total. The molecule has 22 heavy (non-hydrogen) atoms. The quantitative estimate of drug-likeness (QED) is 0.819. The van der Waals surface area contributed by atoms with E-state index in [9.17, 15) is 9.59 Å². The van der Waals surface area contributed by atoms with Gasteiger partial charge in [-0.1, -0.05) is 13.8 Å². The van der Waals surface area contributed by atoms with Crippen LogP contribution in [0.5, 0.6) is 0 Å². The molecular weight excluding hydrogens is 300 g/mol. The molecule has 0 radical (unpaired) electrons. The van der Waals surface area contributed by atoms with E-state index >= 15 is 0 Å². The van der Waals surface area contributed by atoms with Gasteiger partial charge in [0.2, 0.25) is 11.8 Å². The Morgan fingerprint density at radius 1 is 1.36 bits per heavy atom. The molecule has 0 aliphatic carbocycles. The SMILES string of the molecule is CC(C)C[C@@H](C(=O)Nc1nc(CC(N)=O)cs1)n1cccc1. The van der Waals surface area contributed by atoms with Crippen LogP contribution in [0.25, 0.3) is 0 Å². The number of nitrogens with two attached hydrogens (primary N) is 1. The second kappa shape index (κ2) is 7.22. The van der Waals surface area contributed by atoms with Crippen LogP contribution in [-0.4, -0.2) is 21.4 Å². The zero-order valence-corrected chi connectivity index (χ0v) is 13.5. The van der Waals surface area contributed by atoms with Gasteiger partial charge in [0.1, 0.15) is 6.04 Å². The van der Waals surface area contributed by atoms with Crippen LogP contribution in [0.15, 0.2) is 29.9 Å². The molecule has 7 heteroatoms. The van der Waals surface area contributed by atoms with Crippen LogP contribution >= 0.6 is 11.3 Å². The molecule has 0 aliphatic heterocycles. The van der Waals surface area contributed by atoms with Gasteiger partial charge < -0.3 is 15.6 Å². The van der Waals surface area contributed by atoms with Crippen molar-refractivity contribution in [3.8, 4) is 0 Å². The monoisotopic (exact) mass is 320 g/mol. The largest absolute Gasteiger partial charge is 0.369 e. The molecule has 0 unspecified atom stereocenters. The lowest BCUT2D eigenvalue weighted by atomic mass is 10.0. The van der Waals surface area contributed by atoms with Crippen LogP contribution in [0, 0.1) is 5.92 Å². The molecule has 0 aromatic carbocycles. The van der Waals surface area contributed by atoms with Crippen molar-refractivity contribution in [2.24, 2.45) is 11.7 Å². The van der Waals surface area contributed by atoms with Gasteiger partial charge in [0.05, 0.1) is 12.1 Å². The topological polar surface area (TPSA) is 90.0 Å². The lowest BCUT2D eigenvalue weighted by molar-refractivity contribution is -0.119. The second-order valence-electron chi connectivity index (χ2n) is 5.55. The molecule has 0 bridgehead atoms. The standard InChI is InChI=1S/C15H20N4O2S/c1-10(2)7-12(19-5-3-4-6-19)14(21)18-15-17-11(9-22-15)8-13(16)20/h3-6,9-10,12H,7-8H2,1-2H3,(H2,16,20)(H,17,18,21)/t12-/m0/s1. The number of nitrogens with zero attached hydrogens (tertiary/aromatic N) is 2. The van der Waals surface area contributed by atoms with E-state index in [4.69, 9.17) is 5.73 Å². The summed E-state index contributed by atoms with van der Waals surface area (Å²) in [7, 11) is 0. The summed E-state index contributed by atoms with van der Waals surface area (Å²) in [6.45, 7) is 4.16. The normalized spacial score (nSPS) is 12.3. The third-order valence-electron chi connectivity index (χ3n) is 3.12. The molecular formula is C15H20N4O2S. The highest BCUT2D eigenvalue weighted by molar-refractivity contribution is 7.13. The minimum Gasteiger partial charge on any atom is -0.369 e. The van der Waals surface area contributed by atoms with Crippen molar-refractivity contribution in [2.45, 2.75) is 32.7 Å². The molecule has 2 aromatic rings. The van der Waals surface area contributed by atoms with Crippen LogP contribution in [-0.2, 0) is 16.0 Å². The number of carbonyl (C=O) groups is 2. The van der Waals surface area contributed by atoms with Crippen molar-refractivity contribution in [2.75, 3.05) is 5.32 Å². The number of amides is 2. The summed E-state index contributed by atoms with van der Waals surface area (Å²) in [6, 6.07) is 3.52. The van der Waals surface area contributed by atoms with Crippen LogP contribution in [0.3, 0.4) is 0 Å². The van der Waals surface area contributed by atoms with E-state index in [1.165, 1.54) is 11.3 Å². The van der Waals surface area contributed by atoms with Crippen LogP contribution in [0.2, 0.25) is 0 Å². The fraction of sp³-hybridized carbons (Fsp3) is 0.400. The van der Waals surface area contributed by atoms with E-state index in [-0.39, 0.29) is 18.4 Å². The summed E-state index contributed by atoms with van der Waals surface area (Å²) >= 11 is 1.29. The molecule has 6 nitrogen and oxygen atoms in total. The Bertz CT molecular complexity index is 634. The highest BCUT2D eigenvalue weighted by atomic mass is 32.1. The van der Waals surface area contributed by atoms with Gasteiger partial charge in [0, 0.05) is 17.8 Å². The first-order valence-corrected chi connectivity index (χ1v) is 7.99. The van der Waals surface area contributed by atoms with Crippen LogP contribution in [0.1, 0.15) is 32.0 Å². The maximum atomic E-state index is 12.5. The number of thiazole rings is 1. The number of primary amides is 1. The average molecular weight is 320 g/mol. The van der Waals surface area contributed by atoms with Crippen molar-refractivity contribution < 1.29 is 9.59 Å². The zero-order valence-electron chi connectivity index (χ0n) is 12.7. The third-order valence-corrected chi connectivity index (χ3v) is 3.93. The molecule has 0 aliphatic rings. The zero-order chi connectivity index (χ0) is 16.1. The third kappa shape index (κ3) is 4.42. The van der Waals surface area contributed by atoms with Crippen LogP contribution < -0.4 is 11.1 Å². The van der Waals surface area contributed by atoms with E-state index in [2.05, 4.69) is 24.1 Å². The lowest BCUT2D eigenvalue weighted by Crippen LogP contribution is -2.26. The van der Waals surface area contributed by atoms with E-state index < -0.39 is 5.91 Å². The summed E-state index contributed by atoms with van der Waals surface area (Å²) in [5, 5.41) is 5.04. The maximum Gasteiger partial charge on any atom is 0.249 e. The molecule has 2 rings (SSSR count). The highest BCUT2D eigenvalue weighted by Crippen LogP contribution is 2.22. The predicted molar refractivity (Wildman–Crippen MR) is 86.6 cm³/mol. The second-order valence-corrected chi connectivity index (χ2v) is 6.41. The summed E-state index contributed by atoms with van der Waals surface area (Å²) < 4.78 is 1.90. The number of nitrogens with one attached hydrogen (secondary N) is 1. The van der Waals surface area contributed by atoms with Crippen molar-refractivity contribution in [3.05, 3.63) is 35.6 Å². The molecule has 2 aromatic heterocycles. The van der Waals surface area contributed by atoms with Crippen molar-refractivity contribution in [1.29, 1.82) is 0 Å². The molecule has 118 valence electrons. The van der Waals surface area contributed by atoms with Crippen molar-refractivity contribution >= 4 is 28.3 Å². The highest BCUT2D eigenvalue weighted by Gasteiger charge is 2.22. The predicted octanol–water partition coefficient (Wildman–Crippen LogP) is 2.20. The van der Waals surface area contributed by atoms with E-state index in [0.29, 0.717) is 16.7 Å². The number of hydrogen-bond acceptors (Lipinski definition) is 4. The molecule has 0 saturated carbocycles. The van der Waals surface area contributed by atoms with Gasteiger partial charge >= 0.3 is 0 Å². The van der Waals surface area contributed by atoms with E-state index in [1.54, 1.807) is 5.38 Å². The Morgan fingerprint density at radius 2 is 2.05 bits per heavy atom. The number of carbonyl (C=O) groups excluding carboxylic acids is 2. The van der Waals surface area contributed by atoms with Crippen molar-refractivity contribution in [1.82, 2.24) is 9.55 Å². The lowest BCUT2D eigenvalue weighted by Gasteiger charge is -2.19. The first-order valence-electron chi connectivity index (χ1n) is 7.11. The summed E-state index contributed by atoms with van der Waals surface area (Å²) in [5.41, 5.74) is 5.72. The molecule has 0 saturated heterocycles. The smallest absolute Gasteiger partial charge is 0.249 e. The van der Waals surface area contributed by atoms with E-state index in [0.717, 1.165) is 6.42 Å². The van der Waals surface area contributed by atoms with Gasteiger partial charge in [-0.15, -0.1) is 11.3 Å². The maximum absolute atomic E-state index is 12.5. The van der Waals surface area contributed by atoms with Gasteiger partial charge in [0.15, 0.2) is 5.13 Å². The Labute approximate surface area is 133 Å². The molecule has 2 amide bonds. The van der Waals surface area contributed by atoms with E-state index in [1.807, 2.05) is 29.1 Å². The summed E-state index contributed by atoms with van der Waals surface area (Å²) in [4.78, 5) is 27.6. The number of hydrogen-bond donors (Lipinski definition) is 2. The fourth-order valence-corrected chi connectivity index (χ4v) is 2.89. The van der Waals surface area contributed by atoms with Gasteiger partial charge in [0.25, 0.3) is 0 Å². The first kappa shape index (κ1) is 16.2.